The van der Waals surface area contributed by atoms with Gasteiger partial charge >= 0.3 is 0 Å². The highest BCUT2D eigenvalue weighted by Gasteiger charge is 2.18. The lowest BCUT2D eigenvalue weighted by Gasteiger charge is -2.15. The summed E-state index contributed by atoms with van der Waals surface area (Å²) in [5.74, 6) is 0.781. The Morgan fingerprint density at radius 3 is 2.47 bits per heavy atom. The van der Waals surface area contributed by atoms with E-state index in [0.717, 1.165) is 18.8 Å². The highest BCUT2D eigenvalue weighted by Crippen LogP contribution is 2.29. The fourth-order valence-corrected chi connectivity index (χ4v) is 2.60. The van der Waals surface area contributed by atoms with Gasteiger partial charge in [0.2, 0.25) is 0 Å². The fourth-order valence-electron chi connectivity index (χ4n) is 2.60. The van der Waals surface area contributed by atoms with Gasteiger partial charge in [-0.3, -0.25) is 0 Å². The van der Waals surface area contributed by atoms with Crippen LogP contribution in [0.3, 0.4) is 0 Å². The van der Waals surface area contributed by atoms with Gasteiger partial charge in [0.15, 0.2) is 0 Å². The standard InChI is InChI=1S/C14H20O/c15-14(11-13-8-4-5-9-13)10-12-6-2-1-3-7-12/h1-3,6-7,13-15H,4-5,8-11H2. The molecule has 1 heteroatoms. The average molecular weight is 204 g/mol. The molecule has 0 aliphatic heterocycles. The molecule has 0 amide bonds. The largest absolute Gasteiger partial charge is 0.393 e. The summed E-state index contributed by atoms with van der Waals surface area (Å²) in [5.41, 5.74) is 1.25. The summed E-state index contributed by atoms with van der Waals surface area (Å²) in [5, 5.41) is 9.96. The molecule has 1 nitrogen and oxygen atoms in total. The van der Waals surface area contributed by atoms with E-state index in [1.54, 1.807) is 0 Å². The highest BCUT2D eigenvalue weighted by atomic mass is 16.3. The predicted octanol–water partition coefficient (Wildman–Crippen LogP) is 3.17. The minimum absolute atomic E-state index is 0.143. The first-order valence-electron chi connectivity index (χ1n) is 6.06. The lowest BCUT2D eigenvalue weighted by atomic mass is 9.96. The van der Waals surface area contributed by atoms with Gasteiger partial charge in [-0.05, 0) is 24.3 Å². The van der Waals surface area contributed by atoms with Crippen molar-refractivity contribution in [1.82, 2.24) is 0 Å². The second kappa shape index (κ2) is 5.32. The van der Waals surface area contributed by atoms with Gasteiger partial charge in [-0.25, -0.2) is 0 Å². The number of benzene rings is 1. The predicted molar refractivity (Wildman–Crippen MR) is 62.7 cm³/mol. The zero-order valence-electron chi connectivity index (χ0n) is 9.23. The van der Waals surface area contributed by atoms with Crippen molar-refractivity contribution in [2.24, 2.45) is 5.92 Å². The Kier molecular flexibility index (Phi) is 3.79. The van der Waals surface area contributed by atoms with E-state index in [-0.39, 0.29) is 6.10 Å². The third kappa shape index (κ3) is 3.35. The van der Waals surface area contributed by atoms with E-state index in [0.29, 0.717) is 0 Å². The van der Waals surface area contributed by atoms with E-state index in [4.69, 9.17) is 0 Å². The summed E-state index contributed by atoms with van der Waals surface area (Å²) >= 11 is 0. The number of hydrogen-bond donors (Lipinski definition) is 1. The maximum atomic E-state index is 9.96. The molecule has 0 radical (unpaired) electrons. The monoisotopic (exact) mass is 204 g/mol. The summed E-state index contributed by atoms with van der Waals surface area (Å²) in [6, 6.07) is 10.3. The molecule has 0 aromatic heterocycles. The van der Waals surface area contributed by atoms with Crippen LogP contribution < -0.4 is 0 Å². The third-order valence-corrected chi connectivity index (χ3v) is 3.39. The van der Waals surface area contributed by atoms with Gasteiger partial charge in [0.25, 0.3) is 0 Å². The van der Waals surface area contributed by atoms with Crippen molar-refractivity contribution in [1.29, 1.82) is 0 Å². The van der Waals surface area contributed by atoms with Crippen LogP contribution in [-0.2, 0) is 6.42 Å². The first-order valence-corrected chi connectivity index (χ1v) is 6.06. The topological polar surface area (TPSA) is 20.2 Å². The smallest absolute Gasteiger partial charge is 0.0583 e. The number of aliphatic hydroxyl groups excluding tert-OH is 1. The van der Waals surface area contributed by atoms with E-state index in [1.165, 1.54) is 31.2 Å². The van der Waals surface area contributed by atoms with Crippen LogP contribution >= 0.6 is 0 Å². The normalized spacial score (nSPS) is 19.3. The summed E-state index contributed by atoms with van der Waals surface area (Å²) in [6.07, 6.45) is 7.05. The Bertz CT molecular complexity index is 275. The van der Waals surface area contributed by atoms with Gasteiger partial charge in [0.05, 0.1) is 6.10 Å². The lowest BCUT2D eigenvalue weighted by Crippen LogP contribution is -2.14. The Hall–Kier alpha value is -0.820. The van der Waals surface area contributed by atoms with Crippen molar-refractivity contribution in [3.05, 3.63) is 35.9 Å². The molecule has 1 atom stereocenters. The van der Waals surface area contributed by atoms with Crippen LogP contribution in [0.5, 0.6) is 0 Å². The molecule has 1 aromatic carbocycles. The lowest BCUT2D eigenvalue weighted by molar-refractivity contribution is 0.143. The number of hydrogen-bond acceptors (Lipinski definition) is 1. The molecule has 0 spiro atoms. The Balaban J connectivity index is 1.79. The zero-order chi connectivity index (χ0) is 10.5. The Morgan fingerprint density at radius 2 is 1.80 bits per heavy atom. The summed E-state index contributed by atoms with van der Waals surface area (Å²) in [4.78, 5) is 0. The van der Waals surface area contributed by atoms with E-state index >= 15 is 0 Å². The first-order chi connectivity index (χ1) is 7.34. The van der Waals surface area contributed by atoms with Crippen LogP contribution in [0, 0.1) is 5.92 Å². The molecular formula is C14H20O. The molecule has 1 unspecified atom stereocenters. The van der Waals surface area contributed by atoms with Gasteiger partial charge in [0, 0.05) is 0 Å². The third-order valence-electron chi connectivity index (χ3n) is 3.39. The minimum atomic E-state index is -0.143. The summed E-state index contributed by atoms with van der Waals surface area (Å²) < 4.78 is 0. The van der Waals surface area contributed by atoms with Crippen molar-refractivity contribution in [2.75, 3.05) is 0 Å². The summed E-state index contributed by atoms with van der Waals surface area (Å²) in [6.45, 7) is 0. The molecular weight excluding hydrogens is 184 g/mol. The quantitative estimate of drug-likeness (QED) is 0.798. The first kappa shape index (κ1) is 10.7. The summed E-state index contributed by atoms with van der Waals surface area (Å²) in [7, 11) is 0. The maximum Gasteiger partial charge on any atom is 0.0583 e. The van der Waals surface area contributed by atoms with Crippen LogP contribution in [0.1, 0.15) is 37.7 Å². The number of aliphatic hydroxyl groups is 1. The molecule has 82 valence electrons. The van der Waals surface area contributed by atoms with Crippen LogP contribution in [0.15, 0.2) is 30.3 Å². The molecule has 15 heavy (non-hydrogen) atoms. The van der Waals surface area contributed by atoms with Gasteiger partial charge in [-0.2, -0.15) is 0 Å². The van der Waals surface area contributed by atoms with E-state index in [9.17, 15) is 5.11 Å². The van der Waals surface area contributed by atoms with Crippen molar-refractivity contribution in [2.45, 2.75) is 44.6 Å². The molecule has 2 rings (SSSR count). The molecule has 0 saturated heterocycles. The molecule has 1 fully saturated rings. The van der Waals surface area contributed by atoms with Crippen molar-refractivity contribution >= 4 is 0 Å². The molecule has 0 bridgehead atoms. The Morgan fingerprint density at radius 1 is 1.13 bits per heavy atom. The van der Waals surface area contributed by atoms with Crippen molar-refractivity contribution in [3.8, 4) is 0 Å². The van der Waals surface area contributed by atoms with Crippen LogP contribution in [-0.4, -0.2) is 11.2 Å². The fraction of sp³-hybridized carbons (Fsp3) is 0.571. The van der Waals surface area contributed by atoms with E-state index in [1.807, 2.05) is 18.2 Å². The molecule has 1 aliphatic carbocycles. The van der Waals surface area contributed by atoms with Gasteiger partial charge in [-0.15, -0.1) is 0 Å². The van der Waals surface area contributed by atoms with Gasteiger partial charge in [0.1, 0.15) is 0 Å². The van der Waals surface area contributed by atoms with Crippen LogP contribution in [0.4, 0.5) is 0 Å². The SMILES string of the molecule is OC(Cc1ccccc1)CC1CCCC1. The van der Waals surface area contributed by atoms with Crippen LogP contribution in [0.25, 0.3) is 0 Å². The Labute approximate surface area is 92.1 Å². The number of rotatable bonds is 4. The molecule has 1 saturated carbocycles. The van der Waals surface area contributed by atoms with Crippen LogP contribution in [0.2, 0.25) is 0 Å². The second-order valence-electron chi connectivity index (χ2n) is 4.73. The van der Waals surface area contributed by atoms with Crippen molar-refractivity contribution < 1.29 is 5.11 Å². The van der Waals surface area contributed by atoms with E-state index < -0.39 is 0 Å². The molecule has 1 aromatic rings. The van der Waals surface area contributed by atoms with Crippen molar-refractivity contribution in [3.63, 3.8) is 0 Å². The maximum absolute atomic E-state index is 9.96. The second-order valence-corrected chi connectivity index (χ2v) is 4.73. The zero-order valence-corrected chi connectivity index (χ0v) is 9.23. The molecule has 1 aliphatic rings. The van der Waals surface area contributed by atoms with Gasteiger partial charge < -0.3 is 5.11 Å². The molecule has 1 N–H and O–H groups in total. The minimum Gasteiger partial charge on any atom is -0.393 e. The van der Waals surface area contributed by atoms with Gasteiger partial charge in [-0.1, -0.05) is 56.0 Å². The molecule has 0 heterocycles. The van der Waals surface area contributed by atoms with E-state index in [2.05, 4.69) is 12.1 Å². The highest BCUT2D eigenvalue weighted by molar-refractivity contribution is 5.15. The average Bonchev–Trinajstić information content (AvgIpc) is 2.71.